The standard InChI is InChI=1S/C15H20ClNO3S/c16-12-5-6-13(17(18)19)14(9-12)20-10-15(11-21)7-3-1-2-4-8-15/h5-6,9,21H,1-4,7-8,10-11H2. The predicted octanol–water partition coefficient (Wildman–Crippen LogP) is 4.90. The number of hydrogen-bond donors (Lipinski definition) is 1. The van der Waals surface area contributed by atoms with Crippen LogP contribution in [0.15, 0.2) is 18.2 Å². The summed E-state index contributed by atoms with van der Waals surface area (Å²) in [5.74, 6) is 0.986. The summed E-state index contributed by atoms with van der Waals surface area (Å²) < 4.78 is 5.79. The zero-order valence-electron chi connectivity index (χ0n) is 11.9. The molecule has 0 unspecified atom stereocenters. The molecule has 21 heavy (non-hydrogen) atoms. The van der Waals surface area contributed by atoms with Crippen LogP contribution in [0.25, 0.3) is 0 Å². The topological polar surface area (TPSA) is 52.4 Å². The van der Waals surface area contributed by atoms with Crippen molar-refractivity contribution in [2.45, 2.75) is 38.5 Å². The normalized spacial score (nSPS) is 18.0. The third kappa shape index (κ3) is 4.27. The van der Waals surface area contributed by atoms with Crippen LogP contribution in [0.1, 0.15) is 38.5 Å². The van der Waals surface area contributed by atoms with Crippen LogP contribution in [0.5, 0.6) is 5.75 Å². The number of nitro groups is 1. The minimum Gasteiger partial charge on any atom is -0.486 e. The van der Waals surface area contributed by atoms with Crippen molar-refractivity contribution in [3.05, 3.63) is 33.3 Å². The average Bonchev–Trinajstić information content (AvgIpc) is 2.71. The predicted molar refractivity (Wildman–Crippen MR) is 87.6 cm³/mol. The van der Waals surface area contributed by atoms with Crippen molar-refractivity contribution < 1.29 is 9.66 Å². The summed E-state index contributed by atoms with van der Waals surface area (Å²) in [5, 5.41) is 11.5. The molecule has 0 bridgehead atoms. The molecule has 0 spiro atoms. The van der Waals surface area contributed by atoms with Crippen LogP contribution < -0.4 is 4.74 Å². The van der Waals surface area contributed by atoms with Crippen LogP contribution in [0.4, 0.5) is 5.69 Å². The van der Waals surface area contributed by atoms with Crippen molar-refractivity contribution in [2.24, 2.45) is 5.41 Å². The maximum absolute atomic E-state index is 11.1. The van der Waals surface area contributed by atoms with Crippen molar-refractivity contribution in [2.75, 3.05) is 12.4 Å². The molecular weight excluding hydrogens is 310 g/mol. The lowest BCUT2D eigenvalue weighted by atomic mass is 9.83. The lowest BCUT2D eigenvalue weighted by Crippen LogP contribution is -2.30. The van der Waals surface area contributed by atoms with E-state index in [1.807, 2.05) is 0 Å². The molecule has 0 aromatic heterocycles. The summed E-state index contributed by atoms with van der Waals surface area (Å²) in [4.78, 5) is 10.6. The summed E-state index contributed by atoms with van der Waals surface area (Å²) >= 11 is 10.4. The number of rotatable bonds is 5. The summed E-state index contributed by atoms with van der Waals surface area (Å²) in [6.07, 6.45) is 6.94. The zero-order chi connectivity index (χ0) is 15.3. The fraction of sp³-hybridized carbons (Fsp3) is 0.600. The summed E-state index contributed by atoms with van der Waals surface area (Å²) in [5.41, 5.74) is -0.0298. The molecule has 0 N–H and O–H groups in total. The molecule has 1 aromatic rings. The quantitative estimate of drug-likeness (QED) is 0.362. The van der Waals surface area contributed by atoms with Gasteiger partial charge in [0.15, 0.2) is 5.75 Å². The highest BCUT2D eigenvalue weighted by molar-refractivity contribution is 7.80. The van der Waals surface area contributed by atoms with Crippen LogP contribution >= 0.6 is 24.2 Å². The molecular formula is C15H20ClNO3S. The van der Waals surface area contributed by atoms with Crippen LogP contribution in [0, 0.1) is 15.5 Å². The molecule has 1 aromatic carbocycles. The van der Waals surface area contributed by atoms with E-state index in [4.69, 9.17) is 16.3 Å². The smallest absolute Gasteiger partial charge is 0.311 e. The fourth-order valence-electron chi connectivity index (χ4n) is 2.81. The first-order valence-corrected chi connectivity index (χ1v) is 8.25. The largest absolute Gasteiger partial charge is 0.486 e. The van der Waals surface area contributed by atoms with Crippen LogP contribution in [0.2, 0.25) is 5.02 Å². The highest BCUT2D eigenvalue weighted by atomic mass is 35.5. The SMILES string of the molecule is O=[N+]([O-])c1ccc(Cl)cc1OCC1(CS)CCCCCC1. The molecule has 0 aliphatic heterocycles. The van der Waals surface area contributed by atoms with Crippen molar-refractivity contribution in [3.8, 4) is 5.75 Å². The van der Waals surface area contributed by atoms with Crippen molar-refractivity contribution in [3.63, 3.8) is 0 Å². The Morgan fingerprint density at radius 2 is 1.95 bits per heavy atom. The molecule has 0 atom stereocenters. The van der Waals surface area contributed by atoms with Gasteiger partial charge >= 0.3 is 5.69 Å². The van der Waals surface area contributed by atoms with E-state index in [0.29, 0.717) is 11.6 Å². The number of nitro benzene ring substituents is 1. The average molecular weight is 330 g/mol. The Morgan fingerprint density at radius 1 is 1.29 bits per heavy atom. The summed E-state index contributed by atoms with van der Waals surface area (Å²) in [7, 11) is 0. The van der Waals surface area contributed by atoms with Gasteiger partial charge in [-0.15, -0.1) is 0 Å². The summed E-state index contributed by atoms with van der Waals surface area (Å²) in [6.45, 7) is 0.456. The molecule has 1 fully saturated rings. The molecule has 1 aliphatic rings. The third-order valence-electron chi connectivity index (χ3n) is 4.15. The van der Waals surface area contributed by atoms with Crippen molar-refractivity contribution >= 4 is 29.9 Å². The van der Waals surface area contributed by atoms with Crippen LogP contribution in [0.3, 0.4) is 0 Å². The Labute approximate surface area is 135 Å². The second-order valence-corrected chi connectivity index (χ2v) is 6.48. The van der Waals surface area contributed by atoms with Gasteiger partial charge in [0.2, 0.25) is 0 Å². The first-order valence-electron chi connectivity index (χ1n) is 7.24. The zero-order valence-corrected chi connectivity index (χ0v) is 13.5. The van der Waals surface area contributed by atoms with E-state index >= 15 is 0 Å². The molecule has 0 saturated heterocycles. The molecule has 4 nitrogen and oxygen atoms in total. The Kier molecular flexibility index (Phi) is 5.76. The van der Waals surface area contributed by atoms with Gasteiger partial charge in [-0.1, -0.05) is 37.3 Å². The highest BCUT2D eigenvalue weighted by Crippen LogP contribution is 2.38. The summed E-state index contributed by atoms with van der Waals surface area (Å²) in [6, 6.07) is 4.41. The number of hydrogen-bond acceptors (Lipinski definition) is 4. The van der Waals surface area contributed by atoms with E-state index in [1.54, 1.807) is 0 Å². The first kappa shape index (κ1) is 16.4. The lowest BCUT2D eigenvalue weighted by molar-refractivity contribution is -0.386. The van der Waals surface area contributed by atoms with Gasteiger partial charge in [0.05, 0.1) is 11.5 Å². The highest BCUT2D eigenvalue weighted by Gasteiger charge is 2.31. The van der Waals surface area contributed by atoms with Crippen molar-refractivity contribution in [1.82, 2.24) is 0 Å². The number of nitrogens with zero attached hydrogens (tertiary/aromatic N) is 1. The number of halogens is 1. The molecule has 0 amide bonds. The lowest BCUT2D eigenvalue weighted by Gasteiger charge is -2.30. The van der Waals surface area contributed by atoms with Gasteiger partial charge in [0.25, 0.3) is 0 Å². The Bertz CT molecular complexity index is 502. The monoisotopic (exact) mass is 329 g/mol. The van der Waals surface area contributed by atoms with E-state index in [1.165, 1.54) is 43.9 Å². The first-order chi connectivity index (χ1) is 10.1. The van der Waals surface area contributed by atoms with Gasteiger partial charge in [-0.3, -0.25) is 10.1 Å². The number of benzene rings is 1. The third-order valence-corrected chi connectivity index (χ3v) is 5.06. The van der Waals surface area contributed by atoms with Crippen LogP contribution in [-0.2, 0) is 0 Å². The van der Waals surface area contributed by atoms with Gasteiger partial charge in [0, 0.05) is 22.6 Å². The minimum atomic E-state index is -0.438. The maximum Gasteiger partial charge on any atom is 0.311 e. The van der Waals surface area contributed by atoms with Gasteiger partial charge in [0.1, 0.15) is 0 Å². The minimum absolute atomic E-state index is 0.00972. The van der Waals surface area contributed by atoms with E-state index < -0.39 is 4.92 Å². The van der Waals surface area contributed by atoms with Crippen molar-refractivity contribution in [1.29, 1.82) is 0 Å². The second kappa shape index (κ2) is 7.36. The van der Waals surface area contributed by atoms with Gasteiger partial charge in [-0.05, 0) is 24.7 Å². The molecule has 0 heterocycles. The van der Waals surface area contributed by atoms with E-state index in [2.05, 4.69) is 12.6 Å². The molecule has 1 aliphatic carbocycles. The number of thiol groups is 1. The fourth-order valence-corrected chi connectivity index (χ4v) is 3.38. The molecule has 6 heteroatoms. The van der Waals surface area contributed by atoms with Gasteiger partial charge in [-0.2, -0.15) is 12.6 Å². The second-order valence-electron chi connectivity index (χ2n) is 5.73. The van der Waals surface area contributed by atoms with E-state index in [9.17, 15) is 10.1 Å². The molecule has 2 rings (SSSR count). The Balaban J connectivity index is 2.13. The molecule has 116 valence electrons. The molecule has 1 saturated carbocycles. The van der Waals surface area contributed by atoms with Gasteiger partial charge in [-0.25, -0.2) is 0 Å². The number of ether oxygens (including phenoxy) is 1. The van der Waals surface area contributed by atoms with Crippen LogP contribution in [-0.4, -0.2) is 17.3 Å². The van der Waals surface area contributed by atoms with E-state index in [-0.39, 0.29) is 16.9 Å². The Hall–Kier alpha value is -0.940. The Morgan fingerprint density at radius 3 is 2.52 bits per heavy atom. The van der Waals surface area contributed by atoms with Gasteiger partial charge < -0.3 is 4.74 Å². The maximum atomic E-state index is 11.1. The molecule has 0 radical (unpaired) electrons. The van der Waals surface area contributed by atoms with E-state index in [0.717, 1.165) is 18.6 Å².